The number of hydrogen-bond donors (Lipinski definition) is 3. The van der Waals surface area contributed by atoms with Gasteiger partial charge in [0, 0.05) is 5.69 Å². The second-order valence-electron chi connectivity index (χ2n) is 2.29. The van der Waals surface area contributed by atoms with Gasteiger partial charge in [0.1, 0.15) is 0 Å². The fraction of sp³-hybridized carbons (Fsp3) is 0.125. The Kier molecular flexibility index (Phi) is 2.64. The first-order chi connectivity index (χ1) is 5.81. The van der Waals surface area contributed by atoms with E-state index in [1.807, 2.05) is 6.07 Å². The lowest BCUT2D eigenvalue weighted by Gasteiger charge is -2.03. The van der Waals surface area contributed by atoms with Crippen LogP contribution in [0.4, 0.5) is 5.69 Å². The third-order valence-electron chi connectivity index (χ3n) is 1.56. The van der Waals surface area contributed by atoms with Gasteiger partial charge in [0.05, 0.1) is 18.2 Å². The Morgan fingerprint density at radius 2 is 2.33 bits per heavy atom. The summed E-state index contributed by atoms with van der Waals surface area (Å²) >= 11 is 0. The van der Waals surface area contributed by atoms with Gasteiger partial charge in [-0.15, -0.1) is 0 Å². The van der Waals surface area contributed by atoms with Crippen molar-refractivity contribution in [3.05, 3.63) is 29.3 Å². The fourth-order valence-corrected chi connectivity index (χ4v) is 0.923. The van der Waals surface area contributed by atoms with E-state index in [4.69, 9.17) is 16.2 Å². The van der Waals surface area contributed by atoms with E-state index in [0.717, 1.165) is 0 Å². The lowest BCUT2D eigenvalue weighted by atomic mass is 10.1. The highest BCUT2D eigenvalue weighted by Crippen LogP contribution is 2.13. The maximum Gasteiger partial charge on any atom is 0.0995 e. The number of anilines is 1. The quantitative estimate of drug-likeness (QED) is 0.433. The van der Waals surface area contributed by atoms with Crippen LogP contribution < -0.4 is 11.3 Å². The van der Waals surface area contributed by atoms with E-state index in [2.05, 4.69) is 5.43 Å². The minimum absolute atomic E-state index is 0.154. The van der Waals surface area contributed by atoms with Crippen molar-refractivity contribution in [2.45, 2.75) is 6.61 Å². The van der Waals surface area contributed by atoms with Crippen molar-refractivity contribution in [2.75, 3.05) is 5.43 Å². The van der Waals surface area contributed by atoms with Crippen LogP contribution in [-0.4, -0.2) is 5.11 Å². The number of hydrazine groups is 1. The van der Waals surface area contributed by atoms with E-state index < -0.39 is 0 Å². The molecule has 0 atom stereocenters. The average molecular weight is 163 g/mol. The van der Waals surface area contributed by atoms with Gasteiger partial charge in [0.15, 0.2) is 0 Å². The first-order valence-electron chi connectivity index (χ1n) is 3.42. The van der Waals surface area contributed by atoms with Crippen LogP contribution in [0.5, 0.6) is 0 Å². The molecule has 0 aliphatic carbocycles. The molecule has 0 fully saturated rings. The lowest BCUT2D eigenvalue weighted by Crippen LogP contribution is -2.07. The molecule has 0 bridgehead atoms. The summed E-state index contributed by atoms with van der Waals surface area (Å²) in [6, 6.07) is 6.90. The standard InChI is InChI=1S/C8H9N3O/c9-4-6-1-2-8(11-10)3-7(6)5-12/h1-3,11-12H,5,10H2. The molecule has 0 aliphatic heterocycles. The second-order valence-corrected chi connectivity index (χ2v) is 2.29. The number of aliphatic hydroxyl groups is 1. The average Bonchev–Trinajstić information content (AvgIpc) is 2.16. The zero-order valence-corrected chi connectivity index (χ0v) is 6.41. The van der Waals surface area contributed by atoms with Crippen LogP contribution in [0.25, 0.3) is 0 Å². The third kappa shape index (κ3) is 1.53. The van der Waals surface area contributed by atoms with E-state index in [-0.39, 0.29) is 6.61 Å². The molecular formula is C8H9N3O. The molecule has 0 amide bonds. The van der Waals surface area contributed by atoms with Crippen molar-refractivity contribution in [3.63, 3.8) is 0 Å². The Morgan fingerprint density at radius 1 is 1.58 bits per heavy atom. The Morgan fingerprint density at radius 3 is 2.83 bits per heavy atom. The van der Waals surface area contributed by atoms with Crippen LogP contribution in [0.1, 0.15) is 11.1 Å². The number of nitrogens with one attached hydrogen (secondary N) is 1. The molecule has 1 aromatic carbocycles. The normalized spacial score (nSPS) is 9.08. The predicted molar refractivity (Wildman–Crippen MR) is 44.9 cm³/mol. The largest absolute Gasteiger partial charge is 0.392 e. The van der Waals surface area contributed by atoms with Gasteiger partial charge in [0.2, 0.25) is 0 Å². The van der Waals surface area contributed by atoms with Gasteiger partial charge in [-0.2, -0.15) is 5.26 Å². The summed E-state index contributed by atoms with van der Waals surface area (Å²) in [5, 5.41) is 17.5. The SMILES string of the molecule is N#Cc1ccc(NN)cc1CO. The molecule has 0 spiro atoms. The van der Waals surface area contributed by atoms with E-state index >= 15 is 0 Å². The lowest BCUT2D eigenvalue weighted by molar-refractivity contribution is 0.281. The molecule has 0 unspecified atom stereocenters. The molecule has 12 heavy (non-hydrogen) atoms. The Bertz CT molecular complexity index is 317. The highest BCUT2D eigenvalue weighted by atomic mass is 16.3. The number of nitrogen functional groups attached to an aromatic ring is 1. The molecule has 0 saturated carbocycles. The molecule has 1 rings (SSSR count). The number of nitrogens with zero attached hydrogens (tertiary/aromatic N) is 1. The number of hydrogen-bond acceptors (Lipinski definition) is 4. The van der Waals surface area contributed by atoms with E-state index in [9.17, 15) is 0 Å². The van der Waals surface area contributed by atoms with Gasteiger partial charge >= 0.3 is 0 Å². The summed E-state index contributed by atoms with van der Waals surface area (Å²) in [7, 11) is 0. The monoisotopic (exact) mass is 163 g/mol. The Labute approximate surface area is 70.2 Å². The van der Waals surface area contributed by atoms with Crippen molar-refractivity contribution >= 4 is 5.69 Å². The summed E-state index contributed by atoms with van der Waals surface area (Å²) in [5.74, 6) is 5.15. The molecule has 0 aliphatic rings. The second kappa shape index (κ2) is 3.72. The summed E-state index contributed by atoms with van der Waals surface area (Å²) in [4.78, 5) is 0. The van der Waals surface area contributed by atoms with Gasteiger partial charge in [-0.05, 0) is 23.8 Å². The van der Waals surface area contributed by atoms with Crippen molar-refractivity contribution in [1.29, 1.82) is 5.26 Å². The topological polar surface area (TPSA) is 82.1 Å². The minimum atomic E-state index is -0.154. The number of benzene rings is 1. The van der Waals surface area contributed by atoms with E-state index in [1.54, 1.807) is 18.2 Å². The fourth-order valence-electron chi connectivity index (χ4n) is 0.923. The zero-order valence-electron chi connectivity index (χ0n) is 6.41. The van der Waals surface area contributed by atoms with Crippen LogP contribution >= 0.6 is 0 Å². The van der Waals surface area contributed by atoms with Crippen molar-refractivity contribution in [2.24, 2.45) is 5.84 Å². The summed E-state index contributed by atoms with van der Waals surface area (Å²) in [6.07, 6.45) is 0. The molecule has 0 saturated heterocycles. The van der Waals surface area contributed by atoms with Crippen molar-refractivity contribution in [1.82, 2.24) is 0 Å². The molecule has 4 nitrogen and oxygen atoms in total. The maximum atomic E-state index is 8.85. The Hall–Kier alpha value is -1.57. The highest BCUT2D eigenvalue weighted by Gasteiger charge is 2.00. The van der Waals surface area contributed by atoms with Crippen molar-refractivity contribution < 1.29 is 5.11 Å². The molecule has 4 heteroatoms. The van der Waals surface area contributed by atoms with Crippen LogP contribution in [0.3, 0.4) is 0 Å². The number of nitrogens with two attached hydrogens (primary N) is 1. The van der Waals surface area contributed by atoms with Gasteiger partial charge in [0.25, 0.3) is 0 Å². The smallest absolute Gasteiger partial charge is 0.0995 e. The van der Waals surface area contributed by atoms with Gasteiger partial charge in [-0.25, -0.2) is 0 Å². The molecule has 4 N–H and O–H groups in total. The maximum absolute atomic E-state index is 8.85. The minimum Gasteiger partial charge on any atom is -0.392 e. The molecule has 62 valence electrons. The van der Waals surface area contributed by atoms with Gasteiger partial charge < -0.3 is 10.5 Å². The zero-order chi connectivity index (χ0) is 8.97. The van der Waals surface area contributed by atoms with Gasteiger partial charge in [-0.1, -0.05) is 0 Å². The van der Waals surface area contributed by atoms with Crippen LogP contribution in [0.15, 0.2) is 18.2 Å². The number of nitriles is 1. The summed E-state index contributed by atoms with van der Waals surface area (Å²) in [6.45, 7) is -0.154. The highest BCUT2D eigenvalue weighted by molar-refractivity contribution is 5.51. The molecule has 0 radical (unpaired) electrons. The third-order valence-corrected chi connectivity index (χ3v) is 1.56. The molecular weight excluding hydrogens is 154 g/mol. The Balaban J connectivity index is 3.13. The first kappa shape index (κ1) is 8.53. The summed E-state index contributed by atoms with van der Waals surface area (Å²) < 4.78 is 0. The van der Waals surface area contributed by atoms with Crippen LogP contribution in [0, 0.1) is 11.3 Å². The van der Waals surface area contributed by atoms with E-state index in [1.165, 1.54) is 0 Å². The van der Waals surface area contributed by atoms with Crippen LogP contribution in [0.2, 0.25) is 0 Å². The van der Waals surface area contributed by atoms with Crippen molar-refractivity contribution in [3.8, 4) is 6.07 Å². The molecule has 0 aromatic heterocycles. The molecule has 1 aromatic rings. The number of rotatable bonds is 2. The number of aliphatic hydroxyl groups excluding tert-OH is 1. The first-order valence-corrected chi connectivity index (χ1v) is 3.42. The van der Waals surface area contributed by atoms with E-state index in [0.29, 0.717) is 16.8 Å². The van der Waals surface area contributed by atoms with Crippen LogP contribution in [-0.2, 0) is 6.61 Å². The predicted octanol–water partition coefficient (Wildman–Crippen LogP) is 0.336. The summed E-state index contributed by atoms with van der Waals surface area (Å²) in [5.41, 5.74) is 4.16. The van der Waals surface area contributed by atoms with Gasteiger partial charge in [-0.3, -0.25) is 5.84 Å². The molecule has 0 heterocycles.